The molecule has 6 nitrogen and oxygen atoms in total. The molecule has 2 aromatic carbocycles. The van der Waals surface area contributed by atoms with Crippen molar-refractivity contribution in [2.75, 3.05) is 23.4 Å². The number of nitrogens with one attached hydrogen (secondary N) is 1. The fourth-order valence-electron chi connectivity index (χ4n) is 2.79. The zero-order valence-corrected chi connectivity index (χ0v) is 16.5. The minimum absolute atomic E-state index is 0.00800. The van der Waals surface area contributed by atoms with E-state index in [9.17, 15) is 18.4 Å². The summed E-state index contributed by atoms with van der Waals surface area (Å²) < 4.78 is 33.7. The molecule has 0 heterocycles. The molecular weight excluding hydrogens is 382 g/mol. The Hall–Kier alpha value is -3.16. The zero-order chi connectivity index (χ0) is 21.4. The van der Waals surface area contributed by atoms with Crippen molar-refractivity contribution in [3.63, 3.8) is 0 Å². The Labute approximate surface area is 168 Å². The fourth-order valence-corrected chi connectivity index (χ4v) is 2.79. The second-order valence-corrected chi connectivity index (χ2v) is 6.46. The van der Waals surface area contributed by atoms with E-state index in [1.165, 1.54) is 18.2 Å². The highest BCUT2D eigenvalue weighted by atomic mass is 19.3. The lowest BCUT2D eigenvalue weighted by atomic mass is 10.2. The van der Waals surface area contributed by atoms with Gasteiger partial charge in [-0.05, 0) is 63.2 Å². The van der Waals surface area contributed by atoms with Crippen molar-refractivity contribution in [3.05, 3.63) is 54.1 Å². The molecule has 0 aromatic heterocycles. The summed E-state index contributed by atoms with van der Waals surface area (Å²) in [6, 6.07) is 12.9. The summed E-state index contributed by atoms with van der Waals surface area (Å²) in [4.78, 5) is 26.2. The summed E-state index contributed by atoms with van der Waals surface area (Å²) >= 11 is 0. The van der Waals surface area contributed by atoms with Crippen molar-refractivity contribution in [3.8, 4) is 5.75 Å². The molecule has 0 fully saturated rings. The summed E-state index contributed by atoms with van der Waals surface area (Å²) in [5, 5.41) is 2.64. The number of rotatable bonds is 9. The summed E-state index contributed by atoms with van der Waals surface area (Å²) in [5.41, 5.74) is 1.62. The molecule has 2 rings (SSSR count). The lowest BCUT2D eigenvalue weighted by Crippen LogP contribution is -2.30. The van der Waals surface area contributed by atoms with Crippen molar-refractivity contribution < 1.29 is 27.8 Å². The SMILES string of the molecule is CCN(c1ccc(NC(=O)COC(=O)c2cccc(OC(F)F)c2)cc1)C(C)C. The molecule has 0 saturated carbocycles. The molecule has 0 saturated heterocycles. The Morgan fingerprint density at radius 2 is 1.79 bits per heavy atom. The van der Waals surface area contributed by atoms with Gasteiger partial charge in [0.15, 0.2) is 6.61 Å². The number of ether oxygens (including phenoxy) is 2. The standard InChI is InChI=1S/C21H24F2N2O4/c1-4-25(14(2)3)17-10-8-16(9-11-17)24-19(26)13-28-20(27)15-6-5-7-18(12-15)29-21(22)23/h5-12,14,21H,4,13H2,1-3H3,(H,24,26). The molecule has 0 aliphatic heterocycles. The van der Waals surface area contributed by atoms with Crippen LogP contribution in [0.2, 0.25) is 0 Å². The first-order chi connectivity index (χ1) is 13.8. The number of benzene rings is 2. The van der Waals surface area contributed by atoms with E-state index in [2.05, 4.69) is 35.7 Å². The number of halogens is 2. The molecule has 0 radical (unpaired) electrons. The highest BCUT2D eigenvalue weighted by Crippen LogP contribution is 2.20. The van der Waals surface area contributed by atoms with Crippen molar-refractivity contribution in [1.29, 1.82) is 0 Å². The number of nitrogens with zero attached hydrogens (tertiary/aromatic N) is 1. The molecule has 156 valence electrons. The van der Waals surface area contributed by atoms with Crippen molar-refractivity contribution in [1.82, 2.24) is 0 Å². The maximum Gasteiger partial charge on any atom is 0.387 e. The van der Waals surface area contributed by atoms with E-state index in [1.54, 1.807) is 12.1 Å². The van der Waals surface area contributed by atoms with Crippen LogP contribution in [0.25, 0.3) is 0 Å². The number of hydrogen-bond acceptors (Lipinski definition) is 5. The summed E-state index contributed by atoms with van der Waals surface area (Å²) in [5.74, 6) is -1.49. The number of alkyl halides is 2. The van der Waals surface area contributed by atoms with Crippen molar-refractivity contribution in [2.24, 2.45) is 0 Å². The zero-order valence-electron chi connectivity index (χ0n) is 16.5. The molecule has 8 heteroatoms. The molecule has 0 bridgehead atoms. The van der Waals surface area contributed by atoms with Crippen LogP contribution in [0.5, 0.6) is 5.75 Å². The predicted molar refractivity (Wildman–Crippen MR) is 107 cm³/mol. The van der Waals surface area contributed by atoms with E-state index in [4.69, 9.17) is 4.74 Å². The van der Waals surface area contributed by atoms with E-state index in [1.807, 2.05) is 12.1 Å². The van der Waals surface area contributed by atoms with Gasteiger partial charge in [0, 0.05) is 24.0 Å². The van der Waals surface area contributed by atoms with Crippen molar-refractivity contribution >= 4 is 23.3 Å². The lowest BCUT2D eigenvalue weighted by molar-refractivity contribution is -0.119. The Bertz CT molecular complexity index is 826. The van der Waals surface area contributed by atoms with Crippen LogP contribution in [0.1, 0.15) is 31.1 Å². The number of carbonyl (C=O) groups excluding carboxylic acids is 2. The minimum Gasteiger partial charge on any atom is -0.452 e. The molecule has 0 unspecified atom stereocenters. The molecule has 0 aliphatic carbocycles. The normalized spacial score (nSPS) is 10.7. The minimum atomic E-state index is -3.00. The lowest BCUT2D eigenvalue weighted by Gasteiger charge is -2.27. The van der Waals surface area contributed by atoms with E-state index in [-0.39, 0.29) is 11.3 Å². The highest BCUT2D eigenvalue weighted by molar-refractivity contribution is 5.95. The van der Waals surface area contributed by atoms with E-state index < -0.39 is 25.1 Å². The van der Waals surface area contributed by atoms with E-state index >= 15 is 0 Å². The average Bonchev–Trinajstić information content (AvgIpc) is 2.67. The summed E-state index contributed by atoms with van der Waals surface area (Å²) in [6.45, 7) is 3.63. The van der Waals surface area contributed by atoms with Gasteiger partial charge >= 0.3 is 12.6 Å². The van der Waals surface area contributed by atoms with Crippen LogP contribution in [0.3, 0.4) is 0 Å². The van der Waals surface area contributed by atoms with E-state index in [0.717, 1.165) is 18.3 Å². The molecule has 1 amide bonds. The van der Waals surface area contributed by atoms with Crippen LogP contribution in [0.4, 0.5) is 20.2 Å². The first-order valence-corrected chi connectivity index (χ1v) is 9.18. The second-order valence-electron chi connectivity index (χ2n) is 6.46. The van der Waals surface area contributed by atoms with Crippen LogP contribution in [0.15, 0.2) is 48.5 Å². The quantitative estimate of drug-likeness (QED) is 0.629. The number of esters is 1. The topological polar surface area (TPSA) is 67.9 Å². The Morgan fingerprint density at radius 3 is 2.38 bits per heavy atom. The van der Waals surface area contributed by atoms with Crippen molar-refractivity contribution in [2.45, 2.75) is 33.4 Å². The Morgan fingerprint density at radius 1 is 1.10 bits per heavy atom. The van der Waals surface area contributed by atoms with Gasteiger partial charge in [0.1, 0.15) is 5.75 Å². The third kappa shape index (κ3) is 6.74. The number of hydrogen-bond donors (Lipinski definition) is 1. The maximum atomic E-state index is 12.2. The van der Waals surface area contributed by atoms with Crippen LogP contribution in [0, 0.1) is 0 Å². The van der Waals surface area contributed by atoms with Gasteiger partial charge in [-0.2, -0.15) is 8.78 Å². The number of amides is 1. The molecule has 29 heavy (non-hydrogen) atoms. The molecule has 1 N–H and O–H groups in total. The van der Waals surface area contributed by atoms with Gasteiger partial charge in [0.25, 0.3) is 5.91 Å². The predicted octanol–water partition coefficient (Wildman–Crippen LogP) is 4.32. The van der Waals surface area contributed by atoms with Gasteiger partial charge in [-0.15, -0.1) is 0 Å². The smallest absolute Gasteiger partial charge is 0.387 e. The summed E-state index contributed by atoms with van der Waals surface area (Å²) in [7, 11) is 0. The van der Waals surface area contributed by atoms with Crippen LogP contribution in [-0.2, 0) is 9.53 Å². The van der Waals surface area contributed by atoms with Gasteiger partial charge in [-0.1, -0.05) is 6.07 Å². The molecular formula is C21H24F2N2O4. The van der Waals surface area contributed by atoms with Gasteiger partial charge in [-0.25, -0.2) is 4.79 Å². The van der Waals surface area contributed by atoms with Gasteiger partial charge in [-0.3, -0.25) is 4.79 Å². The molecule has 0 aliphatic rings. The number of anilines is 2. The first kappa shape index (κ1) is 22.1. The maximum absolute atomic E-state index is 12.2. The average molecular weight is 406 g/mol. The van der Waals surface area contributed by atoms with Gasteiger partial charge in [0.2, 0.25) is 0 Å². The highest BCUT2D eigenvalue weighted by Gasteiger charge is 2.13. The third-order valence-corrected chi connectivity index (χ3v) is 4.08. The Balaban J connectivity index is 1.89. The molecule has 2 aromatic rings. The number of carbonyl (C=O) groups is 2. The third-order valence-electron chi connectivity index (χ3n) is 4.08. The van der Waals surface area contributed by atoms with E-state index in [0.29, 0.717) is 11.7 Å². The largest absolute Gasteiger partial charge is 0.452 e. The van der Waals surface area contributed by atoms with Crippen LogP contribution in [-0.4, -0.2) is 37.7 Å². The Kier molecular flexibility index (Phi) is 7.94. The van der Waals surface area contributed by atoms with Crippen LogP contribution >= 0.6 is 0 Å². The molecule has 0 atom stereocenters. The summed E-state index contributed by atoms with van der Waals surface area (Å²) in [6.07, 6.45) is 0. The first-order valence-electron chi connectivity index (χ1n) is 9.18. The fraction of sp³-hybridized carbons (Fsp3) is 0.333. The molecule has 0 spiro atoms. The monoisotopic (exact) mass is 406 g/mol. The van der Waals surface area contributed by atoms with Gasteiger partial charge < -0.3 is 19.7 Å². The van der Waals surface area contributed by atoms with Crippen LogP contribution < -0.4 is 15.0 Å². The second kappa shape index (κ2) is 10.4. The van der Waals surface area contributed by atoms with Gasteiger partial charge in [0.05, 0.1) is 5.56 Å².